The van der Waals surface area contributed by atoms with E-state index < -0.39 is 0 Å². The van der Waals surface area contributed by atoms with E-state index in [2.05, 4.69) is 55.3 Å². The van der Waals surface area contributed by atoms with Crippen LogP contribution in [0.25, 0.3) is 0 Å². The van der Waals surface area contributed by atoms with Gasteiger partial charge in [0.05, 0.1) is 0 Å². The predicted octanol–water partition coefficient (Wildman–Crippen LogP) is 3.99. The molecular formula is C17H28N2. The first-order chi connectivity index (χ1) is 9.13. The maximum atomic E-state index is 3.47. The van der Waals surface area contributed by atoms with Crippen molar-refractivity contribution in [3.8, 4) is 0 Å². The van der Waals surface area contributed by atoms with Crippen LogP contribution in [0.1, 0.15) is 39.2 Å². The summed E-state index contributed by atoms with van der Waals surface area (Å²) < 4.78 is 0. The van der Waals surface area contributed by atoms with Gasteiger partial charge in [0.25, 0.3) is 0 Å². The van der Waals surface area contributed by atoms with Gasteiger partial charge in [-0.1, -0.05) is 32.9 Å². The zero-order chi connectivity index (χ0) is 13.7. The maximum absolute atomic E-state index is 3.47. The molecular weight excluding hydrogens is 232 g/mol. The molecule has 2 rings (SSSR count). The van der Waals surface area contributed by atoms with Crippen LogP contribution in [0, 0.1) is 11.8 Å². The molecule has 1 N–H and O–H groups in total. The Bertz CT molecular complexity index is 361. The van der Waals surface area contributed by atoms with Crippen LogP contribution in [0.5, 0.6) is 0 Å². The molecule has 1 aliphatic heterocycles. The smallest absolute Gasteiger partial charge is 0.0340 e. The normalized spacial score (nSPS) is 17.9. The van der Waals surface area contributed by atoms with Crippen molar-refractivity contribution in [2.75, 3.05) is 25.0 Å². The van der Waals surface area contributed by atoms with Crippen molar-refractivity contribution in [1.82, 2.24) is 4.90 Å². The third-order valence-electron chi connectivity index (χ3n) is 3.95. The molecule has 0 spiro atoms. The van der Waals surface area contributed by atoms with E-state index >= 15 is 0 Å². The number of hydrogen-bond acceptors (Lipinski definition) is 2. The number of rotatable bonds is 5. The minimum Gasteiger partial charge on any atom is -0.385 e. The van der Waals surface area contributed by atoms with E-state index in [1.807, 2.05) is 0 Å². The molecule has 0 atom stereocenters. The van der Waals surface area contributed by atoms with Crippen LogP contribution in [0.15, 0.2) is 24.3 Å². The van der Waals surface area contributed by atoms with Crippen molar-refractivity contribution in [3.05, 3.63) is 29.8 Å². The second kappa shape index (κ2) is 6.95. The Balaban J connectivity index is 1.81. The second-order valence-electron chi connectivity index (χ2n) is 6.43. The highest BCUT2D eigenvalue weighted by Gasteiger charge is 2.15. The van der Waals surface area contributed by atoms with Gasteiger partial charge in [-0.15, -0.1) is 0 Å². The summed E-state index contributed by atoms with van der Waals surface area (Å²) in [7, 11) is 0. The first kappa shape index (κ1) is 14.4. The quantitative estimate of drug-likeness (QED) is 0.861. The molecule has 1 fully saturated rings. The minimum absolute atomic E-state index is 0.690. The zero-order valence-corrected chi connectivity index (χ0v) is 12.7. The molecule has 1 heterocycles. The lowest BCUT2D eigenvalue weighted by Crippen LogP contribution is -2.32. The first-order valence-corrected chi connectivity index (χ1v) is 7.68. The molecule has 19 heavy (non-hydrogen) atoms. The van der Waals surface area contributed by atoms with Crippen LogP contribution < -0.4 is 5.32 Å². The fraction of sp³-hybridized carbons (Fsp3) is 0.647. The largest absolute Gasteiger partial charge is 0.385 e. The molecule has 0 unspecified atom stereocenters. The number of nitrogens with one attached hydrogen (secondary N) is 1. The van der Waals surface area contributed by atoms with Gasteiger partial charge in [0.1, 0.15) is 0 Å². The van der Waals surface area contributed by atoms with Gasteiger partial charge in [0.2, 0.25) is 0 Å². The highest BCUT2D eigenvalue weighted by atomic mass is 15.1. The van der Waals surface area contributed by atoms with Crippen LogP contribution in [0.4, 0.5) is 5.69 Å². The molecule has 1 saturated heterocycles. The van der Waals surface area contributed by atoms with Gasteiger partial charge >= 0.3 is 0 Å². The van der Waals surface area contributed by atoms with Crippen LogP contribution >= 0.6 is 0 Å². The second-order valence-corrected chi connectivity index (χ2v) is 6.43. The Morgan fingerprint density at radius 1 is 1.16 bits per heavy atom. The Morgan fingerprint density at radius 3 is 2.37 bits per heavy atom. The molecule has 0 saturated carbocycles. The number of nitrogens with zero attached hydrogens (tertiary/aromatic N) is 1. The van der Waals surface area contributed by atoms with Crippen molar-refractivity contribution >= 4 is 5.69 Å². The van der Waals surface area contributed by atoms with E-state index in [1.165, 1.54) is 37.2 Å². The summed E-state index contributed by atoms with van der Waals surface area (Å²) in [6, 6.07) is 8.95. The van der Waals surface area contributed by atoms with Crippen molar-refractivity contribution < 1.29 is 0 Å². The first-order valence-electron chi connectivity index (χ1n) is 7.68. The Kier molecular flexibility index (Phi) is 5.26. The van der Waals surface area contributed by atoms with Crippen molar-refractivity contribution in [1.29, 1.82) is 0 Å². The van der Waals surface area contributed by atoms with Gasteiger partial charge < -0.3 is 5.32 Å². The number of benzene rings is 1. The minimum atomic E-state index is 0.690. The molecule has 0 aromatic heterocycles. The fourth-order valence-corrected chi connectivity index (χ4v) is 2.53. The SMILES string of the molecule is CC(C)CNc1ccc(CN2CCC(C)CC2)cc1. The van der Waals surface area contributed by atoms with Crippen LogP contribution in [0.3, 0.4) is 0 Å². The van der Waals surface area contributed by atoms with Gasteiger partial charge in [0, 0.05) is 18.8 Å². The highest BCUT2D eigenvalue weighted by Crippen LogP contribution is 2.19. The summed E-state index contributed by atoms with van der Waals surface area (Å²) in [6.07, 6.45) is 2.71. The Hall–Kier alpha value is -1.02. The topological polar surface area (TPSA) is 15.3 Å². The van der Waals surface area contributed by atoms with E-state index in [1.54, 1.807) is 0 Å². The number of anilines is 1. The third kappa shape index (κ3) is 4.87. The van der Waals surface area contributed by atoms with E-state index in [4.69, 9.17) is 0 Å². The van der Waals surface area contributed by atoms with E-state index in [9.17, 15) is 0 Å². The fourth-order valence-electron chi connectivity index (χ4n) is 2.53. The standard InChI is InChI=1S/C17H28N2/c1-14(2)12-18-17-6-4-16(5-7-17)13-19-10-8-15(3)9-11-19/h4-7,14-15,18H,8-13H2,1-3H3. The lowest BCUT2D eigenvalue weighted by atomic mass is 9.99. The highest BCUT2D eigenvalue weighted by molar-refractivity contribution is 5.44. The molecule has 106 valence electrons. The van der Waals surface area contributed by atoms with Crippen LogP contribution in [-0.2, 0) is 6.54 Å². The molecule has 0 radical (unpaired) electrons. The number of hydrogen-bond donors (Lipinski definition) is 1. The summed E-state index contributed by atoms with van der Waals surface area (Å²) >= 11 is 0. The van der Waals surface area contributed by atoms with E-state index in [-0.39, 0.29) is 0 Å². The summed E-state index contributed by atoms with van der Waals surface area (Å²) in [6.45, 7) is 11.5. The maximum Gasteiger partial charge on any atom is 0.0340 e. The molecule has 2 nitrogen and oxygen atoms in total. The molecule has 0 amide bonds. The Morgan fingerprint density at radius 2 is 1.79 bits per heavy atom. The van der Waals surface area contributed by atoms with Crippen molar-refractivity contribution in [2.45, 2.75) is 40.2 Å². The number of piperidine rings is 1. The molecule has 1 aromatic rings. The number of likely N-dealkylation sites (tertiary alicyclic amines) is 1. The molecule has 0 aliphatic carbocycles. The summed E-state index contributed by atoms with van der Waals surface area (Å²) in [4.78, 5) is 2.58. The summed E-state index contributed by atoms with van der Waals surface area (Å²) in [5.41, 5.74) is 2.68. The van der Waals surface area contributed by atoms with Gasteiger partial charge in [0.15, 0.2) is 0 Å². The van der Waals surface area contributed by atoms with Gasteiger partial charge in [-0.2, -0.15) is 0 Å². The molecule has 2 heteroatoms. The average molecular weight is 260 g/mol. The summed E-state index contributed by atoms with van der Waals surface area (Å²) in [5, 5.41) is 3.47. The van der Waals surface area contributed by atoms with Gasteiger partial charge in [-0.25, -0.2) is 0 Å². The van der Waals surface area contributed by atoms with Crippen molar-refractivity contribution in [3.63, 3.8) is 0 Å². The average Bonchev–Trinajstić information content (AvgIpc) is 2.40. The van der Waals surface area contributed by atoms with E-state index in [0.717, 1.165) is 19.0 Å². The molecule has 0 bridgehead atoms. The summed E-state index contributed by atoms with van der Waals surface area (Å²) in [5.74, 6) is 1.61. The van der Waals surface area contributed by atoms with Crippen LogP contribution in [-0.4, -0.2) is 24.5 Å². The molecule has 1 aromatic carbocycles. The lowest BCUT2D eigenvalue weighted by molar-refractivity contribution is 0.185. The van der Waals surface area contributed by atoms with Crippen LogP contribution in [0.2, 0.25) is 0 Å². The predicted molar refractivity (Wildman–Crippen MR) is 83.4 cm³/mol. The van der Waals surface area contributed by atoms with Crippen molar-refractivity contribution in [2.24, 2.45) is 11.8 Å². The van der Waals surface area contributed by atoms with E-state index in [0.29, 0.717) is 5.92 Å². The van der Waals surface area contributed by atoms with Gasteiger partial charge in [-0.3, -0.25) is 4.90 Å². The monoisotopic (exact) mass is 260 g/mol. The zero-order valence-electron chi connectivity index (χ0n) is 12.7. The third-order valence-corrected chi connectivity index (χ3v) is 3.95. The lowest BCUT2D eigenvalue weighted by Gasteiger charge is -2.30. The van der Waals surface area contributed by atoms with Gasteiger partial charge in [-0.05, 0) is 55.5 Å². The molecule has 1 aliphatic rings. The Labute approximate surface area is 118 Å².